The molecule has 0 saturated heterocycles. The van der Waals surface area contributed by atoms with Gasteiger partial charge in [-0.15, -0.1) is 10.2 Å². The van der Waals surface area contributed by atoms with E-state index in [4.69, 9.17) is 0 Å². The minimum absolute atomic E-state index is 0.141. The molecule has 7 rings (SSSR count). The van der Waals surface area contributed by atoms with Crippen LogP contribution >= 0.6 is 0 Å². The zero-order valence-corrected chi connectivity index (χ0v) is 18.3. The van der Waals surface area contributed by atoms with Crippen molar-refractivity contribution in [3.8, 4) is 17.2 Å². The van der Waals surface area contributed by atoms with Crippen molar-refractivity contribution in [2.24, 2.45) is 5.41 Å². The molecule has 2 fully saturated rings. The van der Waals surface area contributed by atoms with E-state index in [2.05, 4.69) is 37.2 Å². The fraction of sp³-hybridized carbons (Fsp3) is 0.333. The average Bonchev–Trinajstić information content (AvgIpc) is 3.04. The minimum atomic E-state index is -0.807. The van der Waals surface area contributed by atoms with Crippen molar-refractivity contribution in [2.45, 2.75) is 43.9 Å². The molecule has 34 heavy (non-hydrogen) atoms. The Bertz CT molecular complexity index is 1510. The van der Waals surface area contributed by atoms with Crippen molar-refractivity contribution >= 4 is 0 Å². The molecule has 0 amide bonds. The van der Waals surface area contributed by atoms with Crippen molar-refractivity contribution in [1.29, 1.82) is 0 Å². The topological polar surface area (TPSA) is 82.3 Å². The highest BCUT2D eigenvalue weighted by atomic mass is 19.1. The van der Waals surface area contributed by atoms with E-state index in [9.17, 15) is 8.78 Å². The van der Waals surface area contributed by atoms with Crippen LogP contribution in [0.5, 0.6) is 0 Å². The Morgan fingerprint density at radius 3 is 2.47 bits per heavy atom. The highest BCUT2D eigenvalue weighted by molar-refractivity contribution is 5.68. The maximum Gasteiger partial charge on any atom is 0.252 e. The van der Waals surface area contributed by atoms with Gasteiger partial charge < -0.3 is 0 Å². The average molecular weight is 461 g/mol. The lowest BCUT2D eigenvalue weighted by Gasteiger charge is -2.35. The SMILES string of the molecule is Cc1ncn(-c2ncc(F)c([C@]34CCC5(CC53C)c3cc(-c5c(F)cccc5F)nnc34)n2)n1. The predicted molar refractivity (Wildman–Crippen MR) is 113 cm³/mol. The second-order valence-electron chi connectivity index (χ2n) is 9.69. The molecule has 2 saturated carbocycles. The van der Waals surface area contributed by atoms with E-state index in [-0.39, 0.29) is 33.7 Å². The summed E-state index contributed by atoms with van der Waals surface area (Å²) in [6.07, 6.45) is 4.92. The zero-order chi connectivity index (χ0) is 23.5. The highest BCUT2D eigenvalue weighted by Crippen LogP contribution is 2.86. The van der Waals surface area contributed by atoms with E-state index in [0.29, 0.717) is 17.9 Å². The number of halogens is 3. The summed E-state index contributed by atoms with van der Waals surface area (Å²) in [6, 6.07) is 5.44. The minimum Gasteiger partial charge on any atom is -0.220 e. The van der Waals surface area contributed by atoms with Gasteiger partial charge in [-0.25, -0.2) is 28.1 Å². The summed E-state index contributed by atoms with van der Waals surface area (Å²) in [4.78, 5) is 12.8. The second-order valence-corrected chi connectivity index (χ2v) is 9.69. The molecule has 10 heteroatoms. The first-order chi connectivity index (χ1) is 16.3. The van der Waals surface area contributed by atoms with Crippen LogP contribution in [0.3, 0.4) is 0 Å². The molecule has 1 aromatic carbocycles. The third kappa shape index (κ3) is 2.10. The zero-order valence-electron chi connectivity index (χ0n) is 18.3. The molecule has 2 bridgehead atoms. The summed E-state index contributed by atoms with van der Waals surface area (Å²) in [5, 5.41) is 12.9. The molecule has 4 aromatic rings. The van der Waals surface area contributed by atoms with Crippen molar-refractivity contribution < 1.29 is 13.2 Å². The molecule has 0 N–H and O–H groups in total. The van der Waals surface area contributed by atoms with Gasteiger partial charge in [0.1, 0.15) is 23.8 Å². The van der Waals surface area contributed by atoms with Crippen molar-refractivity contribution in [3.05, 3.63) is 77.0 Å². The lowest BCUT2D eigenvalue weighted by Crippen LogP contribution is -2.37. The van der Waals surface area contributed by atoms with Gasteiger partial charge >= 0.3 is 0 Å². The van der Waals surface area contributed by atoms with Crippen LogP contribution in [0.2, 0.25) is 0 Å². The van der Waals surface area contributed by atoms with Crippen LogP contribution in [0.1, 0.15) is 49.0 Å². The molecule has 170 valence electrons. The summed E-state index contributed by atoms with van der Waals surface area (Å²) >= 11 is 0. The standard InChI is InChI=1S/C24H18F3N7/c1-12-29-11-34(33-12)21-28-9-16(27)20(30-21)24-7-6-23(10-22(23,24)2)13-8-17(31-32-19(13)24)18-14(25)4-3-5-15(18)26/h3-5,8-9,11H,6-7,10H2,1-2H3/t22?,23?,24-/m1/s1. The Labute approximate surface area is 192 Å². The molecule has 3 atom stereocenters. The van der Waals surface area contributed by atoms with Crippen molar-refractivity contribution in [3.63, 3.8) is 0 Å². The van der Waals surface area contributed by atoms with E-state index in [1.807, 2.05) is 0 Å². The van der Waals surface area contributed by atoms with Gasteiger partial charge in [-0.05, 0) is 55.4 Å². The summed E-state index contributed by atoms with van der Waals surface area (Å²) in [6.45, 7) is 3.86. The number of hydrogen-bond donors (Lipinski definition) is 0. The smallest absolute Gasteiger partial charge is 0.220 e. The molecule has 0 radical (unpaired) electrons. The maximum absolute atomic E-state index is 15.4. The summed E-state index contributed by atoms with van der Waals surface area (Å²) in [7, 11) is 0. The Hall–Kier alpha value is -3.69. The molecule has 0 aliphatic heterocycles. The van der Waals surface area contributed by atoms with E-state index in [0.717, 1.165) is 24.6 Å². The first-order valence-electron chi connectivity index (χ1n) is 11.1. The number of benzene rings is 1. The van der Waals surface area contributed by atoms with Crippen LogP contribution in [0.4, 0.5) is 13.2 Å². The Balaban J connectivity index is 1.44. The molecule has 3 aliphatic carbocycles. The normalized spacial score (nSPS) is 28.1. The first kappa shape index (κ1) is 19.7. The van der Waals surface area contributed by atoms with Crippen LogP contribution in [0, 0.1) is 29.8 Å². The van der Waals surface area contributed by atoms with Crippen LogP contribution < -0.4 is 0 Å². The largest absolute Gasteiger partial charge is 0.252 e. The van der Waals surface area contributed by atoms with Crippen LogP contribution in [-0.4, -0.2) is 34.9 Å². The van der Waals surface area contributed by atoms with Gasteiger partial charge in [0.2, 0.25) is 0 Å². The van der Waals surface area contributed by atoms with Gasteiger partial charge in [0, 0.05) is 5.41 Å². The monoisotopic (exact) mass is 461 g/mol. The number of hydrogen-bond acceptors (Lipinski definition) is 6. The van der Waals surface area contributed by atoms with Gasteiger partial charge in [0.05, 0.1) is 34.3 Å². The summed E-state index contributed by atoms with van der Waals surface area (Å²) in [5.41, 5.74) is 0.332. The van der Waals surface area contributed by atoms with Gasteiger partial charge in [-0.1, -0.05) is 13.0 Å². The third-order valence-corrected chi connectivity index (χ3v) is 8.33. The molecule has 7 nitrogen and oxygen atoms in total. The molecular formula is C24H18F3N7. The van der Waals surface area contributed by atoms with E-state index < -0.39 is 22.9 Å². The fourth-order valence-corrected chi connectivity index (χ4v) is 6.70. The molecular weight excluding hydrogens is 443 g/mol. The molecule has 0 spiro atoms. The Kier molecular flexibility index (Phi) is 3.51. The highest BCUT2D eigenvalue weighted by Gasteiger charge is 2.85. The van der Waals surface area contributed by atoms with Crippen LogP contribution in [-0.2, 0) is 10.8 Å². The van der Waals surface area contributed by atoms with Crippen molar-refractivity contribution in [1.82, 2.24) is 34.9 Å². The molecule has 2 unspecified atom stereocenters. The second kappa shape index (κ2) is 6.05. The lowest BCUT2D eigenvalue weighted by molar-refractivity contribution is 0.319. The van der Waals surface area contributed by atoms with Gasteiger partial charge in [-0.2, -0.15) is 9.78 Å². The third-order valence-electron chi connectivity index (χ3n) is 8.33. The number of aromatic nitrogens is 7. The van der Waals surface area contributed by atoms with Gasteiger partial charge in [0.15, 0.2) is 5.82 Å². The molecule has 3 aliphatic rings. The van der Waals surface area contributed by atoms with Gasteiger partial charge in [-0.3, -0.25) is 0 Å². The fourth-order valence-electron chi connectivity index (χ4n) is 6.70. The van der Waals surface area contributed by atoms with E-state index >= 15 is 4.39 Å². The summed E-state index contributed by atoms with van der Waals surface area (Å²) in [5.74, 6) is -1.15. The van der Waals surface area contributed by atoms with E-state index in [1.165, 1.54) is 29.2 Å². The number of nitrogens with zero attached hydrogens (tertiary/aromatic N) is 7. The quantitative estimate of drug-likeness (QED) is 0.459. The molecule has 3 heterocycles. The van der Waals surface area contributed by atoms with Crippen LogP contribution in [0.25, 0.3) is 17.2 Å². The number of aryl methyl sites for hydroxylation is 1. The lowest BCUT2D eigenvalue weighted by atomic mass is 9.69. The summed E-state index contributed by atoms with van der Waals surface area (Å²) < 4.78 is 45.7. The number of fused-ring (bicyclic) bond motifs is 2. The van der Waals surface area contributed by atoms with Gasteiger partial charge in [0.25, 0.3) is 5.95 Å². The Morgan fingerprint density at radius 2 is 1.76 bits per heavy atom. The first-order valence-corrected chi connectivity index (χ1v) is 11.1. The predicted octanol–water partition coefficient (Wildman–Crippen LogP) is 3.98. The number of rotatable bonds is 3. The maximum atomic E-state index is 15.4. The Morgan fingerprint density at radius 1 is 0.971 bits per heavy atom. The van der Waals surface area contributed by atoms with Crippen molar-refractivity contribution in [2.75, 3.05) is 0 Å². The van der Waals surface area contributed by atoms with E-state index in [1.54, 1.807) is 13.0 Å². The molecule has 3 aromatic heterocycles. The van der Waals surface area contributed by atoms with Crippen LogP contribution in [0.15, 0.2) is 36.8 Å².